The highest BCUT2D eigenvalue weighted by molar-refractivity contribution is 5.92. The molecule has 1 rings (SSSR count). The van der Waals surface area contributed by atoms with Gasteiger partial charge in [-0.25, -0.2) is 0 Å². The Balaban J connectivity index is 2.66. The van der Waals surface area contributed by atoms with Crippen LogP contribution < -0.4 is 11.1 Å². The zero-order valence-corrected chi connectivity index (χ0v) is 10.9. The van der Waals surface area contributed by atoms with Crippen LogP contribution in [-0.4, -0.2) is 12.5 Å². The lowest BCUT2D eigenvalue weighted by molar-refractivity contribution is -0.120. The number of carbonyl (C=O) groups excluding carboxylic acids is 1. The van der Waals surface area contributed by atoms with Crippen LogP contribution in [0.15, 0.2) is 24.3 Å². The quantitative estimate of drug-likeness (QED) is 0.822. The SMILES string of the molecule is CCc1ccc(NC(=O)C(CN)C(C)C)cc1. The van der Waals surface area contributed by atoms with Gasteiger partial charge < -0.3 is 11.1 Å². The molecule has 0 aliphatic rings. The second kappa shape index (κ2) is 6.40. The highest BCUT2D eigenvalue weighted by Gasteiger charge is 2.20. The summed E-state index contributed by atoms with van der Waals surface area (Å²) in [5.74, 6) is 0.141. The zero-order chi connectivity index (χ0) is 12.8. The van der Waals surface area contributed by atoms with Crippen LogP contribution in [0, 0.1) is 11.8 Å². The molecule has 1 unspecified atom stereocenters. The minimum Gasteiger partial charge on any atom is -0.330 e. The van der Waals surface area contributed by atoms with Crippen molar-refractivity contribution in [1.82, 2.24) is 0 Å². The van der Waals surface area contributed by atoms with Crippen molar-refractivity contribution >= 4 is 11.6 Å². The Morgan fingerprint density at radius 2 is 1.88 bits per heavy atom. The zero-order valence-electron chi connectivity index (χ0n) is 10.9. The fraction of sp³-hybridized carbons (Fsp3) is 0.500. The average molecular weight is 234 g/mol. The Kier molecular flexibility index (Phi) is 5.16. The molecule has 0 aliphatic heterocycles. The summed E-state index contributed by atoms with van der Waals surface area (Å²) in [6.07, 6.45) is 1.01. The third kappa shape index (κ3) is 3.86. The Bertz CT molecular complexity index is 357. The van der Waals surface area contributed by atoms with Crippen molar-refractivity contribution in [3.63, 3.8) is 0 Å². The molecule has 0 saturated carbocycles. The summed E-state index contributed by atoms with van der Waals surface area (Å²) in [7, 11) is 0. The average Bonchev–Trinajstić information content (AvgIpc) is 2.30. The van der Waals surface area contributed by atoms with Gasteiger partial charge in [0.2, 0.25) is 5.91 Å². The second-order valence-corrected chi connectivity index (χ2v) is 4.63. The van der Waals surface area contributed by atoms with Crippen LogP contribution >= 0.6 is 0 Å². The van der Waals surface area contributed by atoms with E-state index in [0.29, 0.717) is 6.54 Å². The monoisotopic (exact) mass is 234 g/mol. The maximum absolute atomic E-state index is 11.9. The summed E-state index contributed by atoms with van der Waals surface area (Å²) >= 11 is 0. The number of amides is 1. The number of hydrogen-bond acceptors (Lipinski definition) is 2. The molecule has 94 valence electrons. The van der Waals surface area contributed by atoms with Crippen LogP contribution in [0.3, 0.4) is 0 Å². The van der Waals surface area contributed by atoms with Gasteiger partial charge in [0.25, 0.3) is 0 Å². The summed E-state index contributed by atoms with van der Waals surface area (Å²) in [6.45, 7) is 6.52. The Morgan fingerprint density at radius 3 is 2.29 bits per heavy atom. The van der Waals surface area contributed by atoms with Gasteiger partial charge >= 0.3 is 0 Å². The maximum atomic E-state index is 11.9. The smallest absolute Gasteiger partial charge is 0.229 e. The van der Waals surface area contributed by atoms with E-state index in [9.17, 15) is 4.79 Å². The first-order chi connectivity index (χ1) is 8.08. The third-order valence-corrected chi connectivity index (χ3v) is 3.03. The molecule has 0 bridgehead atoms. The van der Waals surface area contributed by atoms with Crippen LogP contribution in [0.25, 0.3) is 0 Å². The van der Waals surface area contributed by atoms with Crippen LogP contribution in [0.5, 0.6) is 0 Å². The van der Waals surface area contributed by atoms with Crippen LogP contribution in [-0.2, 0) is 11.2 Å². The number of anilines is 1. The summed E-state index contributed by atoms with van der Waals surface area (Å²) in [5, 5.41) is 2.91. The molecule has 0 heterocycles. The molecule has 0 saturated heterocycles. The molecule has 0 fully saturated rings. The predicted molar refractivity (Wildman–Crippen MR) is 71.8 cm³/mol. The van der Waals surface area contributed by atoms with E-state index < -0.39 is 0 Å². The maximum Gasteiger partial charge on any atom is 0.229 e. The lowest BCUT2D eigenvalue weighted by Crippen LogP contribution is -2.33. The molecule has 0 spiro atoms. The second-order valence-electron chi connectivity index (χ2n) is 4.63. The lowest BCUT2D eigenvalue weighted by Gasteiger charge is -2.18. The summed E-state index contributed by atoms with van der Waals surface area (Å²) in [6, 6.07) is 7.93. The molecule has 1 atom stereocenters. The molecule has 1 aromatic rings. The molecule has 0 aliphatic carbocycles. The summed E-state index contributed by atoms with van der Waals surface area (Å²) < 4.78 is 0. The van der Waals surface area contributed by atoms with E-state index in [1.807, 2.05) is 38.1 Å². The van der Waals surface area contributed by atoms with Crippen LogP contribution in [0.4, 0.5) is 5.69 Å². The Morgan fingerprint density at radius 1 is 1.29 bits per heavy atom. The molecule has 1 aromatic carbocycles. The minimum atomic E-state index is -0.124. The molecular formula is C14H22N2O. The normalized spacial score (nSPS) is 12.5. The number of nitrogens with two attached hydrogens (primary N) is 1. The lowest BCUT2D eigenvalue weighted by atomic mass is 9.95. The van der Waals surface area contributed by atoms with E-state index in [1.54, 1.807) is 0 Å². The van der Waals surface area contributed by atoms with E-state index in [4.69, 9.17) is 5.73 Å². The standard InChI is InChI=1S/C14H22N2O/c1-4-11-5-7-12(8-6-11)16-14(17)13(9-15)10(2)3/h5-8,10,13H,4,9,15H2,1-3H3,(H,16,17). The molecule has 3 N–H and O–H groups in total. The minimum absolute atomic E-state index is 0.00625. The largest absolute Gasteiger partial charge is 0.330 e. The molecule has 0 radical (unpaired) electrons. The number of nitrogens with one attached hydrogen (secondary N) is 1. The number of rotatable bonds is 5. The van der Waals surface area contributed by atoms with E-state index in [0.717, 1.165) is 12.1 Å². The molecule has 3 nitrogen and oxygen atoms in total. The van der Waals surface area contributed by atoms with E-state index in [2.05, 4.69) is 12.2 Å². The van der Waals surface area contributed by atoms with Gasteiger partial charge in [-0.3, -0.25) is 4.79 Å². The van der Waals surface area contributed by atoms with Gasteiger partial charge in [-0.2, -0.15) is 0 Å². The van der Waals surface area contributed by atoms with Crippen molar-refractivity contribution in [1.29, 1.82) is 0 Å². The van der Waals surface area contributed by atoms with Gasteiger partial charge in [0.1, 0.15) is 0 Å². The van der Waals surface area contributed by atoms with Gasteiger partial charge in [0.15, 0.2) is 0 Å². The number of hydrogen-bond donors (Lipinski definition) is 2. The summed E-state index contributed by atoms with van der Waals surface area (Å²) in [4.78, 5) is 11.9. The van der Waals surface area contributed by atoms with Crippen LogP contribution in [0.2, 0.25) is 0 Å². The first kappa shape index (κ1) is 13.7. The third-order valence-electron chi connectivity index (χ3n) is 3.03. The van der Waals surface area contributed by atoms with Gasteiger partial charge in [-0.15, -0.1) is 0 Å². The van der Waals surface area contributed by atoms with E-state index >= 15 is 0 Å². The van der Waals surface area contributed by atoms with Crippen molar-refractivity contribution in [3.05, 3.63) is 29.8 Å². The first-order valence-corrected chi connectivity index (χ1v) is 6.18. The first-order valence-electron chi connectivity index (χ1n) is 6.18. The van der Waals surface area contributed by atoms with Crippen molar-refractivity contribution in [2.75, 3.05) is 11.9 Å². The van der Waals surface area contributed by atoms with E-state index in [-0.39, 0.29) is 17.7 Å². The van der Waals surface area contributed by atoms with Crippen molar-refractivity contribution in [2.45, 2.75) is 27.2 Å². The number of carbonyl (C=O) groups is 1. The fourth-order valence-corrected chi connectivity index (χ4v) is 1.74. The Hall–Kier alpha value is -1.35. The van der Waals surface area contributed by atoms with Crippen LogP contribution in [0.1, 0.15) is 26.3 Å². The predicted octanol–water partition coefficient (Wildman–Crippen LogP) is 2.42. The number of benzene rings is 1. The molecular weight excluding hydrogens is 212 g/mol. The topological polar surface area (TPSA) is 55.1 Å². The molecule has 0 aromatic heterocycles. The van der Waals surface area contributed by atoms with Gasteiger partial charge in [-0.05, 0) is 30.0 Å². The molecule has 17 heavy (non-hydrogen) atoms. The Labute approximate surface area is 103 Å². The van der Waals surface area contributed by atoms with Crippen molar-refractivity contribution in [3.8, 4) is 0 Å². The van der Waals surface area contributed by atoms with E-state index in [1.165, 1.54) is 5.56 Å². The highest BCUT2D eigenvalue weighted by atomic mass is 16.1. The highest BCUT2D eigenvalue weighted by Crippen LogP contribution is 2.15. The number of aryl methyl sites for hydroxylation is 1. The van der Waals surface area contributed by atoms with Crippen molar-refractivity contribution in [2.24, 2.45) is 17.6 Å². The fourth-order valence-electron chi connectivity index (χ4n) is 1.74. The van der Waals surface area contributed by atoms with Gasteiger partial charge in [-0.1, -0.05) is 32.9 Å². The summed E-state index contributed by atoms with van der Waals surface area (Å²) in [5.41, 5.74) is 7.72. The van der Waals surface area contributed by atoms with Gasteiger partial charge in [0, 0.05) is 12.2 Å². The molecule has 1 amide bonds. The molecule has 3 heteroatoms. The van der Waals surface area contributed by atoms with Crippen molar-refractivity contribution < 1.29 is 4.79 Å². The van der Waals surface area contributed by atoms with Gasteiger partial charge in [0.05, 0.1) is 5.92 Å².